The normalized spacial score (nSPS) is 27.7. The lowest BCUT2D eigenvalue weighted by molar-refractivity contribution is -0.385. The summed E-state index contributed by atoms with van der Waals surface area (Å²) < 4.78 is 4.80. The highest BCUT2D eigenvalue weighted by Gasteiger charge is 2.59. The number of esters is 1. The molecule has 0 aromatic heterocycles. The lowest BCUT2D eigenvalue weighted by Crippen LogP contribution is -2.28. The number of nitrogens with zero attached hydrogens (tertiary/aromatic N) is 3. The molecule has 1 aromatic carbocycles. The van der Waals surface area contributed by atoms with Crippen molar-refractivity contribution in [3.8, 4) is 5.75 Å². The van der Waals surface area contributed by atoms with Gasteiger partial charge in [-0.05, 0) is 24.3 Å². The highest BCUT2D eigenvalue weighted by atomic mass is 35.5. The van der Waals surface area contributed by atoms with Gasteiger partial charge < -0.3 is 4.74 Å². The first-order chi connectivity index (χ1) is 13.3. The number of ether oxygens (including phenoxy) is 1. The molecule has 0 spiro atoms. The molecule has 1 aromatic rings. The molecule has 4 rings (SSSR count). The van der Waals surface area contributed by atoms with Crippen molar-refractivity contribution < 1.29 is 24.0 Å². The molecule has 1 aliphatic heterocycles. The number of imide groups is 1. The van der Waals surface area contributed by atoms with Crippen LogP contribution in [0.25, 0.3) is 0 Å². The summed E-state index contributed by atoms with van der Waals surface area (Å²) in [5, 5.41) is 15.9. The van der Waals surface area contributed by atoms with Crippen LogP contribution in [0.4, 0.5) is 5.69 Å². The van der Waals surface area contributed by atoms with Crippen LogP contribution < -0.4 is 4.74 Å². The maximum Gasteiger partial charge on any atom is 0.313 e. The molecule has 4 unspecified atom stereocenters. The number of hydrazone groups is 1. The number of carbonyl (C=O) groups is 3. The SMILES string of the molecule is CC(=O)Oc1c(Cl)cc(C=NN2C(=O)C3C4C=CC(C4)C3C2=O)cc1[N+](=O)[O-]. The Bertz CT molecular complexity index is 958. The average molecular weight is 404 g/mol. The zero-order valence-electron chi connectivity index (χ0n) is 14.6. The van der Waals surface area contributed by atoms with E-state index in [1.807, 2.05) is 12.2 Å². The van der Waals surface area contributed by atoms with Crippen LogP contribution in [-0.2, 0) is 14.4 Å². The summed E-state index contributed by atoms with van der Waals surface area (Å²) in [5.74, 6) is -2.50. The van der Waals surface area contributed by atoms with Gasteiger partial charge in [-0.15, -0.1) is 0 Å². The lowest BCUT2D eigenvalue weighted by Gasteiger charge is -2.13. The number of allylic oxidation sites excluding steroid dienone is 2. The van der Waals surface area contributed by atoms with Gasteiger partial charge in [-0.2, -0.15) is 10.1 Å². The lowest BCUT2D eigenvalue weighted by atomic mass is 9.85. The van der Waals surface area contributed by atoms with Crippen molar-refractivity contribution in [3.63, 3.8) is 0 Å². The third-order valence-corrected chi connectivity index (χ3v) is 5.54. The Hall–Kier alpha value is -3.07. The van der Waals surface area contributed by atoms with E-state index in [0.29, 0.717) is 0 Å². The molecule has 9 nitrogen and oxygen atoms in total. The van der Waals surface area contributed by atoms with Crippen molar-refractivity contribution >= 4 is 41.3 Å². The van der Waals surface area contributed by atoms with Crippen LogP contribution in [0.5, 0.6) is 5.75 Å². The second-order valence-corrected chi connectivity index (χ2v) is 7.34. The first-order valence-electron chi connectivity index (χ1n) is 8.54. The molecular weight excluding hydrogens is 390 g/mol. The van der Waals surface area contributed by atoms with Crippen LogP contribution in [-0.4, -0.2) is 33.9 Å². The number of carbonyl (C=O) groups excluding carboxylic acids is 3. The van der Waals surface area contributed by atoms with E-state index in [1.165, 1.54) is 6.07 Å². The van der Waals surface area contributed by atoms with E-state index in [9.17, 15) is 24.5 Å². The Morgan fingerprint density at radius 1 is 1.29 bits per heavy atom. The molecule has 3 aliphatic rings. The van der Waals surface area contributed by atoms with Gasteiger partial charge in [0.05, 0.1) is 28.0 Å². The Morgan fingerprint density at radius 3 is 2.43 bits per heavy atom. The topological polar surface area (TPSA) is 119 Å². The van der Waals surface area contributed by atoms with E-state index in [2.05, 4.69) is 5.10 Å². The van der Waals surface area contributed by atoms with Crippen LogP contribution in [0.3, 0.4) is 0 Å². The van der Waals surface area contributed by atoms with Crippen molar-refractivity contribution in [2.45, 2.75) is 13.3 Å². The second-order valence-electron chi connectivity index (χ2n) is 6.93. The summed E-state index contributed by atoms with van der Waals surface area (Å²) in [6, 6.07) is 2.40. The number of fused-ring (bicyclic) bond motifs is 5. The van der Waals surface area contributed by atoms with Gasteiger partial charge in [0.1, 0.15) is 0 Å². The molecule has 1 saturated heterocycles. The van der Waals surface area contributed by atoms with Gasteiger partial charge in [0.25, 0.3) is 11.8 Å². The van der Waals surface area contributed by atoms with Crippen LogP contribution in [0.1, 0.15) is 18.9 Å². The van der Waals surface area contributed by atoms with Crippen molar-refractivity contribution in [3.05, 3.63) is 45.0 Å². The van der Waals surface area contributed by atoms with E-state index >= 15 is 0 Å². The second kappa shape index (κ2) is 6.52. The third kappa shape index (κ3) is 2.78. The maximum absolute atomic E-state index is 12.6. The number of rotatable bonds is 4. The molecule has 1 saturated carbocycles. The van der Waals surface area contributed by atoms with E-state index in [-0.39, 0.29) is 51.8 Å². The van der Waals surface area contributed by atoms with Crippen LogP contribution in [0.2, 0.25) is 5.02 Å². The van der Waals surface area contributed by atoms with Gasteiger partial charge in [-0.1, -0.05) is 23.8 Å². The fourth-order valence-electron chi connectivity index (χ4n) is 4.18. The monoisotopic (exact) mass is 403 g/mol. The number of benzene rings is 1. The molecule has 2 fully saturated rings. The van der Waals surface area contributed by atoms with Crippen molar-refractivity contribution in [2.75, 3.05) is 0 Å². The van der Waals surface area contributed by atoms with Crippen molar-refractivity contribution in [2.24, 2.45) is 28.8 Å². The predicted octanol–water partition coefficient (Wildman–Crippen LogP) is 2.31. The highest BCUT2D eigenvalue weighted by Crippen LogP contribution is 2.52. The first-order valence-corrected chi connectivity index (χ1v) is 8.92. The molecule has 10 heteroatoms. The summed E-state index contributed by atoms with van der Waals surface area (Å²) in [6.45, 7) is 1.10. The van der Waals surface area contributed by atoms with E-state index in [4.69, 9.17) is 16.3 Å². The molecule has 144 valence electrons. The molecule has 0 radical (unpaired) electrons. The van der Waals surface area contributed by atoms with Crippen molar-refractivity contribution in [1.82, 2.24) is 5.01 Å². The molecular formula is C18H14ClN3O6. The first kappa shape index (κ1) is 18.3. The van der Waals surface area contributed by atoms with E-state index in [1.54, 1.807) is 0 Å². The Balaban J connectivity index is 1.62. The quantitative estimate of drug-likeness (QED) is 0.145. The summed E-state index contributed by atoms with van der Waals surface area (Å²) in [6.07, 6.45) is 5.91. The fourth-order valence-corrected chi connectivity index (χ4v) is 4.44. The molecule has 2 aliphatic carbocycles. The molecule has 2 amide bonds. The molecule has 28 heavy (non-hydrogen) atoms. The highest BCUT2D eigenvalue weighted by molar-refractivity contribution is 6.33. The van der Waals surface area contributed by atoms with Crippen LogP contribution in [0, 0.1) is 33.8 Å². The number of nitro benzene ring substituents is 1. The molecule has 0 N–H and O–H groups in total. The van der Waals surface area contributed by atoms with Gasteiger partial charge in [-0.3, -0.25) is 24.5 Å². The molecule has 1 heterocycles. The largest absolute Gasteiger partial charge is 0.418 e. The Labute approximate surface area is 163 Å². The molecule has 2 bridgehead atoms. The number of hydrogen-bond acceptors (Lipinski definition) is 7. The zero-order valence-corrected chi connectivity index (χ0v) is 15.3. The van der Waals surface area contributed by atoms with E-state index < -0.39 is 16.6 Å². The predicted molar refractivity (Wildman–Crippen MR) is 96.6 cm³/mol. The smallest absolute Gasteiger partial charge is 0.313 e. The molecule has 4 atom stereocenters. The van der Waals surface area contributed by atoms with Gasteiger partial charge in [0.2, 0.25) is 5.75 Å². The number of halogens is 1. The van der Waals surface area contributed by atoms with Gasteiger partial charge in [0.15, 0.2) is 0 Å². The number of amides is 2. The zero-order chi connectivity index (χ0) is 20.2. The van der Waals surface area contributed by atoms with Crippen LogP contribution >= 0.6 is 11.6 Å². The number of nitro groups is 1. The standard InChI is InChI=1S/C18H14ClN3O6/c1-8(23)28-16-12(19)4-9(5-13(16)22(26)27)7-20-21-17(24)14-10-2-3-11(6-10)15(14)18(21)25/h2-5,7,10-11,14-15H,6H2,1H3. The maximum atomic E-state index is 12.6. The van der Waals surface area contributed by atoms with Gasteiger partial charge >= 0.3 is 11.7 Å². The van der Waals surface area contributed by atoms with Crippen LogP contribution in [0.15, 0.2) is 29.4 Å². The minimum Gasteiger partial charge on any atom is -0.418 e. The third-order valence-electron chi connectivity index (χ3n) is 5.26. The average Bonchev–Trinajstić information content (AvgIpc) is 3.29. The van der Waals surface area contributed by atoms with Crippen molar-refractivity contribution in [1.29, 1.82) is 0 Å². The van der Waals surface area contributed by atoms with E-state index in [0.717, 1.165) is 30.6 Å². The summed E-state index contributed by atoms with van der Waals surface area (Å²) in [5.41, 5.74) is -0.339. The van der Waals surface area contributed by atoms with Gasteiger partial charge in [0, 0.05) is 18.6 Å². The Kier molecular flexibility index (Phi) is 4.26. The summed E-state index contributed by atoms with van der Waals surface area (Å²) >= 11 is 6.00. The minimum absolute atomic E-state index is 0.0604. The number of hydrogen-bond donors (Lipinski definition) is 0. The Morgan fingerprint density at radius 2 is 1.89 bits per heavy atom. The summed E-state index contributed by atoms with van der Waals surface area (Å²) in [7, 11) is 0. The fraction of sp³-hybridized carbons (Fsp3) is 0.333. The summed E-state index contributed by atoms with van der Waals surface area (Å²) in [4.78, 5) is 46.8. The minimum atomic E-state index is -0.755. The van der Waals surface area contributed by atoms with Gasteiger partial charge in [-0.25, -0.2) is 0 Å².